The van der Waals surface area contributed by atoms with E-state index in [0.29, 0.717) is 5.04 Å². The summed E-state index contributed by atoms with van der Waals surface area (Å²) in [5.41, 5.74) is 0. The van der Waals surface area contributed by atoms with Crippen LogP contribution in [0.3, 0.4) is 0 Å². The van der Waals surface area contributed by atoms with E-state index in [0.717, 1.165) is 0 Å². The molecule has 0 saturated heterocycles. The third-order valence-electron chi connectivity index (χ3n) is 3.06. The van der Waals surface area contributed by atoms with Crippen molar-refractivity contribution < 1.29 is 0 Å². The zero-order valence-electron chi connectivity index (χ0n) is 7.78. The lowest BCUT2D eigenvalue weighted by molar-refractivity contribution is 0.353. The van der Waals surface area contributed by atoms with Crippen molar-refractivity contribution in [3.63, 3.8) is 0 Å². The Balaban J connectivity index is 2.56. The van der Waals surface area contributed by atoms with Crippen LogP contribution in [0.2, 0.25) is 5.04 Å². The quantitative estimate of drug-likeness (QED) is 0.499. The Morgan fingerprint density at radius 1 is 1.17 bits per heavy atom. The molecule has 0 amide bonds. The second kappa shape index (κ2) is 4.87. The van der Waals surface area contributed by atoms with E-state index in [4.69, 9.17) is 22.2 Å². The van der Waals surface area contributed by atoms with Crippen molar-refractivity contribution in [2.75, 3.05) is 0 Å². The SMILES string of the molecule is CCCC1([SiH](Cl)Cl)CCCCC1. The van der Waals surface area contributed by atoms with Crippen molar-refractivity contribution in [1.29, 1.82) is 0 Å². The van der Waals surface area contributed by atoms with E-state index >= 15 is 0 Å². The molecule has 1 aliphatic rings. The first kappa shape index (κ1) is 10.9. The molecule has 0 nitrogen and oxygen atoms in total. The summed E-state index contributed by atoms with van der Waals surface area (Å²) < 4.78 is 0. The van der Waals surface area contributed by atoms with Gasteiger partial charge in [0, 0.05) is 0 Å². The van der Waals surface area contributed by atoms with Crippen molar-refractivity contribution in [3.8, 4) is 0 Å². The number of hydrogen-bond donors (Lipinski definition) is 0. The molecule has 1 aliphatic carbocycles. The second-order valence-corrected chi connectivity index (χ2v) is 9.09. The third-order valence-corrected chi connectivity index (χ3v) is 7.63. The first-order valence-electron chi connectivity index (χ1n) is 4.99. The predicted molar refractivity (Wildman–Crippen MR) is 59.5 cm³/mol. The molecule has 0 unspecified atom stereocenters. The molecule has 1 saturated carbocycles. The van der Waals surface area contributed by atoms with Gasteiger partial charge in [0.25, 0.3) is 0 Å². The van der Waals surface area contributed by atoms with Crippen LogP contribution in [0.4, 0.5) is 0 Å². The molecule has 12 heavy (non-hydrogen) atoms. The van der Waals surface area contributed by atoms with E-state index in [-0.39, 0.29) is 0 Å². The Morgan fingerprint density at radius 2 is 1.75 bits per heavy atom. The lowest BCUT2D eigenvalue weighted by Gasteiger charge is -2.37. The van der Waals surface area contributed by atoms with Crippen molar-refractivity contribution >= 4 is 29.6 Å². The van der Waals surface area contributed by atoms with Crippen molar-refractivity contribution in [1.82, 2.24) is 0 Å². The van der Waals surface area contributed by atoms with Gasteiger partial charge in [-0.05, 0) is 24.3 Å². The van der Waals surface area contributed by atoms with Crippen LogP contribution in [0.1, 0.15) is 51.9 Å². The number of hydrogen-bond acceptors (Lipinski definition) is 0. The van der Waals surface area contributed by atoms with Crippen molar-refractivity contribution in [3.05, 3.63) is 0 Å². The van der Waals surface area contributed by atoms with Gasteiger partial charge in [-0.25, -0.2) is 0 Å². The minimum Gasteiger partial charge on any atom is -0.150 e. The average Bonchev–Trinajstić information content (AvgIpc) is 2.06. The van der Waals surface area contributed by atoms with Gasteiger partial charge in [-0.1, -0.05) is 32.6 Å². The molecule has 0 N–H and O–H groups in total. The van der Waals surface area contributed by atoms with Crippen LogP contribution in [0.15, 0.2) is 0 Å². The standard InChI is InChI=1S/C9H18Cl2Si/c1-2-6-9(12(10)11)7-4-3-5-8-9/h12H,2-8H2,1H3. The molecule has 0 atom stereocenters. The van der Waals surface area contributed by atoms with Crippen LogP contribution < -0.4 is 0 Å². The molecule has 1 fully saturated rings. The molecule has 0 radical (unpaired) electrons. The molecule has 0 aromatic heterocycles. The molecule has 0 aromatic rings. The van der Waals surface area contributed by atoms with Crippen LogP contribution in [-0.4, -0.2) is 7.42 Å². The summed E-state index contributed by atoms with van der Waals surface area (Å²) in [7, 11) is -1.46. The number of rotatable bonds is 3. The highest BCUT2D eigenvalue weighted by molar-refractivity contribution is 7.35. The fourth-order valence-corrected chi connectivity index (χ4v) is 5.65. The van der Waals surface area contributed by atoms with Gasteiger partial charge in [0.05, 0.1) is 0 Å². The number of halogens is 2. The molecule has 0 bridgehead atoms. The zero-order chi connectivity index (χ0) is 9.03. The summed E-state index contributed by atoms with van der Waals surface area (Å²) >= 11 is 12.4. The van der Waals surface area contributed by atoms with Gasteiger partial charge in [-0.3, -0.25) is 0 Å². The van der Waals surface area contributed by atoms with Gasteiger partial charge < -0.3 is 0 Å². The largest absolute Gasteiger partial charge is 0.243 e. The predicted octanol–water partition coefficient (Wildman–Crippen LogP) is 4.19. The molecule has 0 aliphatic heterocycles. The maximum Gasteiger partial charge on any atom is 0.243 e. The highest BCUT2D eigenvalue weighted by atomic mass is 35.7. The maximum atomic E-state index is 6.20. The Hall–Kier alpha value is 0.797. The Labute approximate surface area is 86.6 Å². The third kappa shape index (κ3) is 2.40. The fourth-order valence-electron chi connectivity index (χ4n) is 2.33. The molecule has 0 heterocycles. The van der Waals surface area contributed by atoms with Gasteiger partial charge in [0.1, 0.15) is 0 Å². The highest BCUT2D eigenvalue weighted by Crippen LogP contribution is 2.51. The minimum absolute atomic E-state index is 0.399. The van der Waals surface area contributed by atoms with E-state index in [2.05, 4.69) is 6.92 Å². The fraction of sp³-hybridized carbons (Fsp3) is 1.00. The first-order valence-corrected chi connectivity index (χ1v) is 9.06. The Kier molecular flexibility index (Phi) is 4.42. The summed E-state index contributed by atoms with van der Waals surface area (Å²) in [4.78, 5) is 0. The molecule has 1 rings (SSSR count). The molecule has 0 spiro atoms. The van der Waals surface area contributed by atoms with Crippen molar-refractivity contribution in [2.45, 2.75) is 56.9 Å². The topological polar surface area (TPSA) is 0 Å². The molecule has 3 heteroatoms. The van der Waals surface area contributed by atoms with E-state index in [1.807, 2.05) is 0 Å². The highest BCUT2D eigenvalue weighted by Gasteiger charge is 2.38. The summed E-state index contributed by atoms with van der Waals surface area (Å²) in [6.45, 7) is 2.24. The van der Waals surface area contributed by atoms with Gasteiger partial charge in [0.2, 0.25) is 7.42 Å². The van der Waals surface area contributed by atoms with Crippen LogP contribution >= 0.6 is 22.2 Å². The van der Waals surface area contributed by atoms with Crippen LogP contribution in [-0.2, 0) is 0 Å². The van der Waals surface area contributed by atoms with E-state index in [1.54, 1.807) is 0 Å². The Bertz CT molecular complexity index is 125. The maximum absolute atomic E-state index is 6.20. The summed E-state index contributed by atoms with van der Waals surface area (Å²) in [6.07, 6.45) is 9.18. The zero-order valence-corrected chi connectivity index (χ0v) is 10.4. The Morgan fingerprint density at radius 3 is 2.17 bits per heavy atom. The smallest absolute Gasteiger partial charge is 0.150 e. The summed E-state index contributed by atoms with van der Waals surface area (Å²) in [5.74, 6) is 0. The lowest BCUT2D eigenvalue weighted by atomic mass is 9.85. The molecular weight excluding hydrogens is 207 g/mol. The molecule has 72 valence electrons. The molecule has 0 aromatic carbocycles. The monoisotopic (exact) mass is 224 g/mol. The lowest BCUT2D eigenvalue weighted by Crippen LogP contribution is -2.26. The van der Waals surface area contributed by atoms with E-state index in [9.17, 15) is 0 Å². The van der Waals surface area contributed by atoms with E-state index in [1.165, 1.54) is 44.9 Å². The normalized spacial score (nSPS) is 23.0. The van der Waals surface area contributed by atoms with E-state index < -0.39 is 7.42 Å². The van der Waals surface area contributed by atoms with Crippen LogP contribution in [0, 0.1) is 0 Å². The molecular formula is C9H18Cl2Si. The van der Waals surface area contributed by atoms with Crippen molar-refractivity contribution in [2.24, 2.45) is 0 Å². The summed E-state index contributed by atoms with van der Waals surface area (Å²) in [6, 6.07) is 0. The van der Waals surface area contributed by atoms with Crippen LogP contribution in [0.25, 0.3) is 0 Å². The average molecular weight is 225 g/mol. The van der Waals surface area contributed by atoms with Gasteiger partial charge in [0.15, 0.2) is 0 Å². The first-order chi connectivity index (χ1) is 5.71. The minimum atomic E-state index is -1.46. The van der Waals surface area contributed by atoms with Gasteiger partial charge in [-0.15, -0.1) is 22.2 Å². The van der Waals surface area contributed by atoms with Gasteiger partial charge >= 0.3 is 0 Å². The summed E-state index contributed by atoms with van der Waals surface area (Å²) in [5, 5.41) is 0.399. The second-order valence-electron chi connectivity index (χ2n) is 3.97. The van der Waals surface area contributed by atoms with Crippen LogP contribution in [0.5, 0.6) is 0 Å². The van der Waals surface area contributed by atoms with Gasteiger partial charge in [-0.2, -0.15) is 0 Å².